The minimum atomic E-state index is -0.979. The number of pyridine rings is 1. The van der Waals surface area contributed by atoms with Crippen molar-refractivity contribution in [3.63, 3.8) is 0 Å². The summed E-state index contributed by atoms with van der Waals surface area (Å²) in [6, 6.07) is 14.0. The van der Waals surface area contributed by atoms with E-state index in [4.69, 9.17) is 0 Å². The molecule has 150 valence electrons. The number of fused-ring (bicyclic) bond motifs is 1. The van der Waals surface area contributed by atoms with Crippen LogP contribution in [0.15, 0.2) is 67.0 Å². The summed E-state index contributed by atoms with van der Waals surface area (Å²) in [6.45, 7) is 0.302. The third-order valence-corrected chi connectivity index (χ3v) is 4.94. The number of ketones is 1. The minimum Gasteiger partial charge on any atom is -0.348 e. The summed E-state index contributed by atoms with van der Waals surface area (Å²) >= 11 is 0. The van der Waals surface area contributed by atoms with Crippen molar-refractivity contribution in [3.8, 4) is 0 Å². The number of hydrogen-bond acceptors (Lipinski definition) is 4. The van der Waals surface area contributed by atoms with E-state index in [9.17, 15) is 18.8 Å². The van der Waals surface area contributed by atoms with Crippen molar-refractivity contribution in [2.75, 3.05) is 5.32 Å². The maximum absolute atomic E-state index is 13.5. The first-order valence-electron chi connectivity index (χ1n) is 9.42. The van der Waals surface area contributed by atoms with Gasteiger partial charge in [0.05, 0.1) is 5.69 Å². The fraction of sp³-hybridized carbons (Fsp3) is 0.130. The number of carbonyl (C=O) groups is 3. The second-order valence-electron chi connectivity index (χ2n) is 7.04. The van der Waals surface area contributed by atoms with Crippen molar-refractivity contribution in [1.29, 1.82) is 0 Å². The molecule has 3 aromatic rings. The highest BCUT2D eigenvalue weighted by molar-refractivity contribution is 6.21. The highest BCUT2D eigenvalue weighted by Crippen LogP contribution is 2.28. The maximum Gasteiger partial charge on any atom is 0.251 e. The van der Waals surface area contributed by atoms with Crippen LogP contribution in [0.2, 0.25) is 0 Å². The maximum atomic E-state index is 13.5. The van der Waals surface area contributed by atoms with E-state index in [1.54, 1.807) is 36.7 Å². The van der Waals surface area contributed by atoms with Gasteiger partial charge in [-0.25, -0.2) is 4.39 Å². The first kappa shape index (κ1) is 19.4. The Morgan fingerprint density at radius 2 is 1.90 bits per heavy atom. The largest absolute Gasteiger partial charge is 0.348 e. The summed E-state index contributed by atoms with van der Waals surface area (Å²) in [5, 5.41) is 5.49. The molecule has 0 fully saturated rings. The highest BCUT2D eigenvalue weighted by atomic mass is 19.1. The van der Waals surface area contributed by atoms with Crippen molar-refractivity contribution in [3.05, 3.63) is 95.1 Å². The van der Waals surface area contributed by atoms with E-state index in [2.05, 4.69) is 15.6 Å². The fourth-order valence-corrected chi connectivity index (χ4v) is 3.40. The van der Waals surface area contributed by atoms with Crippen LogP contribution in [0.3, 0.4) is 0 Å². The molecule has 0 bridgehead atoms. The quantitative estimate of drug-likeness (QED) is 0.641. The number of Topliss-reactive ketones (excluding diaryl/α,β-unsaturated/α-hetero) is 1. The smallest absolute Gasteiger partial charge is 0.251 e. The number of hydrogen-bond donors (Lipinski definition) is 2. The zero-order valence-corrected chi connectivity index (χ0v) is 15.9. The molecule has 2 heterocycles. The van der Waals surface area contributed by atoms with Gasteiger partial charge in [-0.1, -0.05) is 18.2 Å². The van der Waals surface area contributed by atoms with E-state index in [-0.39, 0.29) is 23.7 Å². The van der Waals surface area contributed by atoms with Gasteiger partial charge in [0.15, 0.2) is 5.78 Å². The third-order valence-electron chi connectivity index (χ3n) is 4.94. The Morgan fingerprint density at radius 3 is 2.67 bits per heavy atom. The molecule has 0 saturated carbocycles. The van der Waals surface area contributed by atoms with E-state index in [0.29, 0.717) is 23.4 Å². The van der Waals surface area contributed by atoms with Crippen LogP contribution in [-0.2, 0) is 17.8 Å². The second kappa shape index (κ2) is 8.24. The van der Waals surface area contributed by atoms with Gasteiger partial charge in [0.25, 0.3) is 5.91 Å². The van der Waals surface area contributed by atoms with E-state index in [0.717, 1.165) is 5.56 Å². The van der Waals surface area contributed by atoms with Crippen LogP contribution in [0, 0.1) is 11.7 Å². The molecule has 1 aromatic heterocycles. The number of nitrogens with one attached hydrogen (secondary N) is 2. The zero-order chi connectivity index (χ0) is 21.1. The molecule has 2 N–H and O–H groups in total. The molecular formula is C23H18FN3O3. The molecule has 2 aromatic carbocycles. The average Bonchev–Trinajstić information content (AvgIpc) is 2.75. The van der Waals surface area contributed by atoms with Crippen molar-refractivity contribution in [2.45, 2.75) is 13.0 Å². The van der Waals surface area contributed by atoms with Gasteiger partial charge in [-0.2, -0.15) is 0 Å². The first-order valence-corrected chi connectivity index (χ1v) is 9.42. The highest BCUT2D eigenvalue weighted by Gasteiger charge is 2.34. The summed E-state index contributed by atoms with van der Waals surface area (Å²) in [6.07, 6.45) is 3.39. The monoisotopic (exact) mass is 403 g/mol. The van der Waals surface area contributed by atoms with Crippen LogP contribution in [0.5, 0.6) is 0 Å². The lowest BCUT2D eigenvalue weighted by atomic mass is 9.86. The number of halogens is 1. The van der Waals surface area contributed by atoms with Crippen LogP contribution in [0.25, 0.3) is 0 Å². The van der Waals surface area contributed by atoms with Gasteiger partial charge in [0.2, 0.25) is 5.91 Å². The van der Waals surface area contributed by atoms with Crippen molar-refractivity contribution >= 4 is 23.3 Å². The van der Waals surface area contributed by atoms with Gasteiger partial charge >= 0.3 is 0 Å². The predicted molar refractivity (Wildman–Crippen MR) is 108 cm³/mol. The topological polar surface area (TPSA) is 88.2 Å². The van der Waals surface area contributed by atoms with E-state index < -0.39 is 17.6 Å². The van der Waals surface area contributed by atoms with Crippen molar-refractivity contribution in [2.24, 2.45) is 5.92 Å². The van der Waals surface area contributed by atoms with Gasteiger partial charge in [-0.05, 0) is 53.9 Å². The van der Waals surface area contributed by atoms with Gasteiger partial charge in [-0.3, -0.25) is 19.4 Å². The van der Waals surface area contributed by atoms with Crippen LogP contribution in [-0.4, -0.2) is 22.6 Å². The number of carbonyl (C=O) groups excluding carboxylic acids is 3. The lowest BCUT2D eigenvalue weighted by Crippen LogP contribution is -2.37. The average molecular weight is 403 g/mol. The SMILES string of the molecule is O=C(NCc1cccnc1)c1ccc2c(c1)C(=O)C(Cc1cccc(F)c1)C(=O)N2. The summed E-state index contributed by atoms with van der Waals surface area (Å²) in [7, 11) is 0. The standard InChI is InChI=1S/C23H18FN3O3/c24-17-5-1-3-14(9-17)10-19-21(28)18-11-16(6-7-20(18)27-23(19)30)22(29)26-13-15-4-2-8-25-12-15/h1-9,11-12,19H,10,13H2,(H,26,29)(H,27,30). The second-order valence-corrected chi connectivity index (χ2v) is 7.04. The molecule has 0 radical (unpaired) electrons. The Kier molecular flexibility index (Phi) is 5.34. The lowest BCUT2D eigenvalue weighted by molar-refractivity contribution is -0.118. The van der Waals surface area contributed by atoms with Crippen LogP contribution in [0.4, 0.5) is 10.1 Å². The van der Waals surface area contributed by atoms with Crippen molar-refractivity contribution < 1.29 is 18.8 Å². The molecule has 0 spiro atoms. The molecule has 4 rings (SSSR count). The van der Waals surface area contributed by atoms with Crippen LogP contribution >= 0.6 is 0 Å². The number of anilines is 1. The van der Waals surface area contributed by atoms with Gasteiger partial charge < -0.3 is 10.6 Å². The summed E-state index contributed by atoms with van der Waals surface area (Å²) in [5.74, 6) is -2.57. The molecule has 0 saturated heterocycles. The number of benzene rings is 2. The minimum absolute atomic E-state index is 0.0826. The molecule has 30 heavy (non-hydrogen) atoms. The van der Waals surface area contributed by atoms with E-state index in [1.165, 1.54) is 24.3 Å². The molecule has 1 unspecified atom stereocenters. The Bertz CT molecular complexity index is 1130. The molecule has 1 aliphatic heterocycles. The molecule has 0 aliphatic carbocycles. The number of amides is 2. The van der Waals surface area contributed by atoms with Gasteiger partial charge in [0, 0.05) is 30.1 Å². The molecule has 2 amide bonds. The molecule has 6 nitrogen and oxygen atoms in total. The molecule has 1 atom stereocenters. The van der Waals surface area contributed by atoms with Crippen LogP contribution < -0.4 is 10.6 Å². The fourth-order valence-electron chi connectivity index (χ4n) is 3.40. The summed E-state index contributed by atoms with van der Waals surface area (Å²) < 4.78 is 13.5. The van der Waals surface area contributed by atoms with Gasteiger partial charge in [0.1, 0.15) is 11.7 Å². The normalized spacial score (nSPS) is 15.3. The summed E-state index contributed by atoms with van der Waals surface area (Å²) in [5.41, 5.74) is 2.35. The van der Waals surface area contributed by atoms with Crippen LogP contribution in [0.1, 0.15) is 31.8 Å². The zero-order valence-electron chi connectivity index (χ0n) is 15.9. The number of rotatable bonds is 5. The Hall–Kier alpha value is -3.87. The molecule has 7 heteroatoms. The number of aromatic nitrogens is 1. The summed E-state index contributed by atoms with van der Waals surface area (Å²) in [4.78, 5) is 41.9. The Balaban J connectivity index is 1.53. The van der Waals surface area contributed by atoms with E-state index >= 15 is 0 Å². The Labute approximate surface area is 172 Å². The van der Waals surface area contributed by atoms with Crippen molar-refractivity contribution in [1.82, 2.24) is 10.3 Å². The number of nitrogens with zero attached hydrogens (tertiary/aromatic N) is 1. The Morgan fingerprint density at radius 1 is 1.07 bits per heavy atom. The molecule has 1 aliphatic rings. The first-order chi connectivity index (χ1) is 14.5. The molecular weight excluding hydrogens is 385 g/mol. The van der Waals surface area contributed by atoms with E-state index in [1.807, 2.05) is 6.07 Å². The predicted octanol–water partition coefficient (Wildman–Crippen LogP) is 3.14. The van der Waals surface area contributed by atoms with Gasteiger partial charge in [-0.15, -0.1) is 0 Å². The lowest BCUT2D eigenvalue weighted by Gasteiger charge is -2.24. The third kappa shape index (κ3) is 4.10.